The van der Waals surface area contributed by atoms with E-state index in [9.17, 15) is 0 Å². The molecule has 1 heterocycles. The van der Waals surface area contributed by atoms with E-state index in [-0.39, 0.29) is 0 Å². The zero-order valence-electron chi connectivity index (χ0n) is 11.9. The molecule has 1 saturated carbocycles. The van der Waals surface area contributed by atoms with Crippen LogP contribution in [-0.4, -0.2) is 25.7 Å². The summed E-state index contributed by atoms with van der Waals surface area (Å²) in [5.74, 6) is 0.889. The molecule has 4 rings (SSSR count). The molecule has 0 amide bonds. The molecule has 1 aromatic carbocycles. The quantitative estimate of drug-likeness (QED) is 0.887. The smallest absolute Gasteiger partial charge is 0.0178 e. The van der Waals surface area contributed by atoms with Crippen LogP contribution in [-0.2, 0) is 11.8 Å². The molecular weight excluding hydrogens is 312 g/mol. The number of aryl methyl sites for hydroxylation is 1. The van der Waals surface area contributed by atoms with E-state index in [4.69, 9.17) is 0 Å². The molecule has 0 aromatic heterocycles. The molecule has 2 atom stereocenters. The second kappa shape index (κ2) is 5.11. The fourth-order valence-corrected chi connectivity index (χ4v) is 4.70. The molecular formula is C17H23BrN2. The van der Waals surface area contributed by atoms with Crippen LogP contribution < -0.4 is 10.6 Å². The molecule has 2 aliphatic carbocycles. The minimum Gasteiger partial charge on any atom is -0.317 e. The van der Waals surface area contributed by atoms with E-state index in [1.807, 2.05) is 0 Å². The normalized spacial score (nSPS) is 32.5. The van der Waals surface area contributed by atoms with Crippen LogP contribution in [0.2, 0.25) is 0 Å². The number of rotatable bonds is 3. The molecule has 1 aromatic rings. The lowest BCUT2D eigenvalue weighted by atomic mass is 9.96. The van der Waals surface area contributed by atoms with Gasteiger partial charge in [-0.25, -0.2) is 0 Å². The van der Waals surface area contributed by atoms with Gasteiger partial charge < -0.3 is 10.6 Å². The van der Waals surface area contributed by atoms with E-state index >= 15 is 0 Å². The van der Waals surface area contributed by atoms with Gasteiger partial charge in [0.25, 0.3) is 0 Å². The summed E-state index contributed by atoms with van der Waals surface area (Å²) < 4.78 is 1.23. The molecule has 2 fully saturated rings. The van der Waals surface area contributed by atoms with Crippen LogP contribution >= 0.6 is 15.9 Å². The lowest BCUT2D eigenvalue weighted by Crippen LogP contribution is -2.35. The molecule has 0 bridgehead atoms. The van der Waals surface area contributed by atoms with Crippen LogP contribution in [0.1, 0.15) is 36.8 Å². The Morgan fingerprint density at radius 3 is 3.00 bits per heavy atom. The van der Waals surface area contributed by atoms with Crippen molar-refractivity contribution in [3.8, 4) is 0 Å². The van der Waals surface area contributed by atoms with Gasteiger partial charge in [-0.15, -0.1) is 0 Å². The Hall–Kier alpha value is -0.380. The van der Waals surface area contributed by atoms with Gasteiger partial charge in [0.1, 0.15) is 0 Å². The van der Waals surface area contributed by atoms with Crippen molar-refractivity contribution in [2.24, 2.45) is 5.92 Å². The highest BCUT2D eigenvalue weighted by Crippen LogP contribution is 2.57. The average Bonchev–Trinajstić information content (AvgIpc) is 3.06. The van der Waals surface area contributed by atoms with Gasteiger partial charge in [0.15, 0.2) is 0 Å². The van der Waals surface area contributed by atoms with Crippen LogP contribution in [0.15, 0.2) is 22.7 Å². The molecule has 1 aliphatic heterocycles. The monoisotopic (exact) mass is 334 g/mol. The molecule has 20 heavy (non-hydrogen) atoms. The summed E-state index contributed by atoms with van der Waals surface area (Å²) in [6.07, 6.45) is 6.65. The highest BCUT2D eigenvalue weighted by Gasteiger charge is 2.57. The number of fused-ring (bicyclic) bond motifs is 2. The van der Waals surface area contributed by atoms with E-state index in [0.29, 0.717) is 5.41 Å². The number of nitrogens with one attached hydrogen (secondary N) is 2. The van der Waals surface area contributed by atoms with Crippen molar-refractivity contribution in [2.75, 3.05) is 19.6 Å². The largest absolute Gasteiger partial charge is 0.317 e. The first-order chi connectivity index (χ1) is 9.78. The van der Waals surface area contributed by atoms with Gasteiger partial charge >= 0.3 is 0 Å². The predicted molar refractivity (Wildman–Crippen MR) is 86.1 cm³/mol. The molecule has 2 N–H and O–H groups in total. The first kappa shape index (κ1) is 13.3. The summed E-state index contributed by atoms with van der Waals surface area (Å²) >= 11 is 3.60. The van der Waals surface area contributed by atoms with Crippen molar-refractivity contribution in [2.45, 2.75) is 43.6 Å². The van der Waals surface area contributed by atoms with E-state index in [0.717, 1.165) is 12.0 Å². The Labute approximate surface area is 129 Å². The summed E-state index contributed by atoms with van der Waals surface area (Å²) in [7, 11) is 0. The number of halogens is 1. The number of hydrogen-bond donors (Lipinski definition) is 2. The van der Waals surface area contributed by atoms with Gasteiger partial charge in [-0.2, -0.15) is 0 Å². The van der Waals surface area contributed by atoms with Crippen molar-refractivity contribution in [3.05, 3.63) is 33.8 Å². The Bertz CT molecular complexity index is 510. The van der Waals surface area contributed by atoms with Gasteiger partial charge in [-0.3, -0.25) is 0 Å². The van der Waals surface area contributed by atoms with Crippen molar-refractivity contribution in [1.29, 1.82) is 0 Å². The average molecular weight is 335 g/mol. The first-order valence-electron chi connectivity index (χ1n) is 8.01. The van der Waals surface area contributed by atoms with Crippen molar-refractivity contribution in [3.63, 3.8) is 0 Å². The van der Waals surface area contributed by atoms with Crippen molar-refractivity contribution < 1.29 is 0 Å². The lowest BCUT2D eigenvalue weighted by molar-refractivity contribution is 0.351. The summed E-state index contributed by atoms with van der Waals surface area (Å²) in [6, 6.07) is 7.64. The third-order valence-electron chi connectivity index (χ3n) is 5.63. The molecule has 3 aliphatic rings. The van der Waals surface area contributed by atoms with E-state index in [1.54, 1.807) is 11.1 Å². The van der Waals surface area contributed by atoms with E-state index < -0.39 is 0 Å². The topological polar surface area (TPSA) is 24.1 Å². The maximum absolute atomic E-state index is 3.88. The molecule has 0 radical (unpaired) electrons. The van der Waals surface area contributed by atoms with E-state index in [1.165, 1.54) is 56.2 Å². The predicted octanol–water partition coefficient (Wildman–Crippen LogP) is 2.99. The Balaban J connectivity index is 1.40. The second-order valence-corrected chi connectivity index (χ2v) is 7.73. The fourth-order valence-electron chi connectivity index (χ4n) is 4.29. The molecule has 1 saturated heterocycles. The zero-order chi connectivity index (χ0) is 13.6. The standard InChI is InChI=1S/C17H23BrN2/c18-14-1-2-15-13(9-14)3-6-17(15)10-16(17)20-11-12-4-7-19-8-5-12/h1-2,9,12,16,19-20H,3-8,10-11H2. The maximum atomic E-state index is 3.88. The van der Waals surface area contributed by atoms with Gasteiger partial charge in [-0.1, -0.05) is 22.0 Å². The highest BCUT2D eigenvalue weighted by molar-refractivity contribution is 9.10. The lowest BCUT2D eigenvalue weighted by Gasteiger charge is -2.23. The number of benzene rings is 1. The first-order valence-corrected chi connectivity index (χ1v) is 8.80. The van der Waals surface area contributed by atoms with Crippen LogP contribution in [0.3, 0.4) is 0 Å². The molecule has 1 spiro atoms. The summed E-state index contributed by atoms with van der Waals surface area (Å²) in [5.41, 5.74) is 3.69. The van der Waals surface area contributed by atoms with Gasteiger partial charge in [0.05, 0.1) is 0 Å². The van der Waals surface area contributed by atoms with Crippen LogP contribution in [0.4, 0.5) is 0 Å². The number of hydrogen-bond acceptors (Lipinski definition) is 2. The number of piperidine rings is 1. The maximum Gasteiger partial charge on any atom is 0.0178 e. The van der Waals surface area contributed by atoms with Crippen LogP contribution in [0.5, 0.6) is 0 Å². The summed E-state index contributed by atoms with van der Waals surface area (Å²) in [4.78, 5) is 0. The van der Waals surface area contributed by atoms with Gasteiger partial charge in [0.2, 0.25) is 0 Å². The fraction of sp³-hybridized carbons (Fsp3) is 0.647. The molecule has 2 unspecified atom stereocenters. The second-order valence-electron chi connectivity index (χ2n) is 6.82. The zero-order valence-corrected chi connectivity index (χ0v) is 13.5. The van der Waals surface area contributed by atoms with Crippen molar-refractivity contribution in [1.82, 2.24) is 10.6 Å². The third-order valence-corrected chi connectivity index (χ3v) is 6.12. The summed E-state index contributed by atoms with van der Waals surface area (Å²) in [5, 5.41) is 7.33. The molecule has 2 nitrogen and oxygen atoms in total. The minimum absolute atomic E-state index is 0.489. The van der Waals surface area contributed by atoms with Gasteiger partial charge in [0, 0.05) is 15.9 Å². The van der Waals surface area contributed by atoms with Crippen LogP contribution in [0.25, 0.3) is 0 Å². The van der Waals surface area contributed by atoms with Gasteiger partial charge in [-0.05, 0) is 80.9 Å². The minimum atomic E-state index is 0.489. The third kappa shape index (κ3) is 2.24. The van der Waals surface area contributed by atoms with E-state index in [2.05, 4.69) is 44.8 Å². The Morgan fingerprint density at radius 2 is 2.15 bits per heavy atom. The van der Waals surface area contributed by atoms with Crippen molar-refractivity contribution >= 4 is 15.9 Å². The highest BCUT2D eigenvalue weighted by atomic mass is 79.9. The Kier molecular flexibility index (Phi) is 3.40. The van der Waals surface area contributed by atoms with Crippen LogP contribution in [0, 0.1) is 5.92 Å². The Morgan fingerprint density at radius 1 is 1.30 bits per heavy atom. The SMILES string of the molecule is Brc1ccc2c(c1)CCC21CC1NCC1CCNCC1. The summed E-state index contributed by atoms with van der Waals surface area (Å²) in [6.45, 7) is 3.64. The molecule has 3 heteroatoms. The molecule has 108 valence electrons.